The van der Waals surface area contributed by atoms with Crippen molar-refractivity contribution in [1.29, 1.82) is 0 Å². The molecule has 0 radical (unpaired) electrons. The summed E-state index contributed by atoms with van der Waals surface area (Å²) in [6, 6.07) is 21.6. The highest BCUT2D eigenvalue weighted by molar-refractivity contribution is 6.09. The molecule has 2 aromatic carbocycles. The third-order valence-electron chi connectivity index (χ3n) is 4.91. The molecule has 0 bridgehead atoms. The van der Waals surface area contributed by atoms with E-state index in [1.54, 1.807) is 0 Å². The quantitative estimate of drug-likeness (QED) is 0.439. The molecule has 4 rings (SSSR count). The Labute approximate surface area is 149 Å². The molecule has 2 heteroatoms. The number of hydrogen-bond donors (Lipinski definition) is 0. The molecular formula is C23H24N2. The second-order valence-electron chi connectivity index (χ2n) is 7.64. The van der Waals surface area contributed by atoms with E-state index in [0.29, 0.717) is 0 Å². The van der Waals surface area contributed by atoms with Crippen molar-refractivity contribution in [3.8, 4) is 5.82 Å². The van der Waals surface area contributed by atoms with Crippen LogP contribution in [0.5, 0.6) is 0 Å². The molecule has 0 fully saturated rings. The van der Waals surface area contributed by atoms with E-state index < -0.39 is 0 Å². The highest BCUT2D eigenvalue weighted by Gasteiger charge is 2.20. The summed E-state index contributed by atoms with van der Waals surface area (Å²) in [7, 11) is 0. The van der Waals surface area contributed by atoms with Crippen LogP contribution in [0.25, 0.3) is 27.6 Å². The molecule has 2 nitrogen and oxygen atoms in total. The van der Waals surface area contributed by atoms with E-state index in [1.165, 1.54) is 33.1 Å². The monoisotopic (exact) mass is 328 g/mol. The number of para-hydroxylation sites is 2. The average Bonchev–Trinajstić information content (AvgIpc) is 2.95. The van der Waals surface area contributed by atoms with E-state index in [4.69, 9.17) is 4.98 Å². The average molecular weight is 328 g/mol. The van der Waals surface area contributed by atoms with Gasteiger partial charge in [0, 0.05) is 16.5 Å². The lowest BCUT2D eigenvalue weighted by molar-refractivity contribution is 0.578. The zero-order chi connectivity index (χ0) is 17.6. The minimum Gasteiger partial charge on any atom is -0.294 e. The van der Waals surface area contributed by atoms with Gasteiger partial charge in [-0.15, -0.1) is 0 Å². The molecule has 0 N–H and O–H groups in total. The normalized spacial score (nSPS) is 12.2. The van der Waals surface area contributed by atoms with Crippen LogP contribution >= 0.6 is 0 Å². The van der Waals surface area contributed by atoms with Gasteiger partial charge in [-0.3, -0.25) is 4.57 Å². The second-order valence-corrected chi connectivity index (χ2v) is 7.64. The highest BCUT2D eigenvalue weighted by Crippen LogP contribution is 2.32. The van der Waals surface area contributed by atoms with Crippen molar-refractivity contribution in [3.05, 3.63) is 71.9 Å². The van der Waals surface area contributed by atoms with Gasteiger partial charge in [-0.05, 0) is 35.6 Å². The first kappa shape index (κ1) is 15.9. The van der Waals surface area contributed by atoms with Gasteiger partial charge in [0.1, 0.15) is 5.82 Å². The van der Waals surface area contributed by atoms with Crippen LogP contribution in [0.1, 0.15) is 39.0 Å². The minimum absolute atomic E-state index is 0.109. The molecule has 25 heavy (non-hydrogen) atoms. The third kappa shape index (κ3) is 2.53. The molecule has 2 aromatic heterocycles. The number of nitrogens with zero attached hydrogens (tertiary/aromatic N) is 2. The summed E-state index contributed by atoms with van der Waals surface area (Å²) in [6.07, 6.45) is 0.942. The first-order valence-electron chi connectivity index (χ1n) is 8.99. The fraction of sp³-hybridized carbons (Fsp3) is 0.261. The van der Waals surface area contributed by atoms with Crippen LogP contribution in [0.4, 0.5) is 0 Å². The summed E-state index contributed by atoms with van der Waals surface area (Å²) in [5.41, 5.74) is 5.05. The lowest BCUT2D eigenvalue weighted by Crippen LogP contribution is -2.16. The van der Waals surface area contributed by atoms with E-state index in [-0.39, 0.29) is 5.41 Å². The molecule has 0 saturated heterocycles. The smallest absolute Gasteiger partial charge is 0.137 e. The van der Waals surface area contributed by atoms with Gasteiger partial charge < -0.3 is 0 Å². The summed E-state index contributed by atoms with van der Waals surface area (Å²) in [6.45, 7) is 8.95. The van der Waals surface area contributed by atoms with Gasteiger partial charge in [0.2, 0.25) is 0 Å². The predicted molar refractivity (Wildman–Crippen MR) is 107 cm³/mol. The molecule has 0 amide bonds. The zero-order valence-electron chi connectivity index (χ0n) is 15.4. The van der Waals surface area contributed by atoms with Crippen molar-refractivity contribution in [2.24, 2.45) is 0 Å². The number of hydrogen-bond acceptors (Lipinski definition) is 1. The molecule has 126 valence electrons. The summed E-state index contributed by atoms with van der Waals surface area (Å²) >= 11 is 0. The summed E-state index contributed by atoms with van der Waals surface area (Å²) in [5.74, 6) is 1.00. The van der Waals surface area contributed by atoms with Crippen LogP contribution in [0.2, 0.25) is 0 Å². The lowest BCUT2D eigenvalue weighted by atomic mass is 9.85. The molecule has 4 aromatic rings. The van der Waals surface area contributed by atoms with Crippen molar-refractivity contribution in [2.75, 3.05) is 0 Å². The molecule has 0 unspecified atom stereocenters. The standard InChI is InChI=1S/C23H24N2/c1-5-19-18(23(2,3)4)14-15-22(24-19)25-20-12-8-6-10-16(20)17-11-7-9-13-21(17)25/h6-15H,5H2,1-4H3. The summed E-state index contributed by atoms with van der Waals surface area (Å²) < 4.78 is 2.29. The fourth-order valence-corrected chi connectivity index (χ4v) is 3.74. The van der Waals surface area contributed by atoms with Gasteiger partial charge in [-0.2, -0.15) is 0 Å². The van der Waals surface area contributed by atoms with Crippen molar-refractivity contribution in [2.45, 2.75) is 39.5 Å². The number of fused-ring (bicyclic) bond motifs is 3. The Morgan fingerprint density at radius 2 is 1.36 bits per heavy atom. The van der Waals surface area contributed by atoms with Gasteiger partial charge in [0.05, 0.1) is 11.0 Å². The number of aromatic nitrogens is 2. The molecular weight excluding hydrogens is 304 g/mol. The van der Waals surface area contributed by atoms with Gasteiger partial charge in [-0.1, -0.05) is 70.2 Å². The van der Waals surface area contributed by atoms with Gasteiger partial charge in [0.15, 0.2) is 0 Å². The maximum absolute atomic E-state index is 5.06. The van der Waals surface area contributed by atoms with Gasteiger partial charge >= 0.3 is 0 Å². The highest BCUT2D eigenvalue weighted by atomic mass is 15.1. The lowest BCUT2D eigenvalue weighted by Gasteiger charge is -2.22. The molecule has 0 saturated carbocycles. The Hall–Kier alpha value is -2.61. The van der Waals surface area contributed by atoms with E-state index >= 15 is 0 Å². The van der Waals surface area contributed by atoms with E-state index in [0.717, 1.165) is 12.2 Å². The molecule has 2 heterocycles. The van der Waals surface area contributed by atoms with Crippen molar-refractivity contribution in [3.63, 3.8) is 0 Å². The zero-order valence-corrected chi connectivity index (χ0v) is 15.4. The Morgan fingerprint density at radius 1 is 0.800 bits per heavy atom. The van der Waals surface area contributed by atoms with E-state index in [9.17, 15) is 0 Å². The van der Waals surface area contributed by atoms with Crippen LogP contribution in [-0.2, 0) is 11.8 Å². The Morgan fingerprint density at radius 3 is 1.88 bits per heavy atom. The van der Waals surface area contributed by atoms with Crippen LogP contribution in [0.15, 0.2) is 60.7 Å². The minimum atomic E-state index is 0.109. The third-order valence-corrected chi connectivity index (χ3v) is 4.91. The maximum atomic E-state index is 5.06. The van der Waals surface area contributed by atoms with Crippen LogP contribution in [0, 0.1) is 0 Å². The van der Waals surface area contributed by atoms with Crippen molar-refractivity contribution >= 4 is 21.8 Å². The SMILES string of the molecule is CCc1nc(-n2c3ccccc3c3ccccc32)ccc1C(C)(C)C. The summed E-state index contributed by atoms with van der Waals surface area (Å²) in [5, 5.41) is 2.55. The number of aryl methyl sites for hydroxylation is 1. The summed E-state index contributed by atoms with van der Waals surface area (Å²) in [4.78, 5) is 5.06. The molecule has 0 spiro atoms. The Kier molecular flexibility index (Phi) is 3.64. The first-order chi connectivity index (χ1) is 12.0. The Bertz CT molecular complexity index is 1010. The van der Waals surface area contributed by atoms with Crippen LogP contribution < -0.4 is 0 Å². The Balaban J connectivity index is 2.04. The molecule has 0 aliphatic carbocycles. The van der Waals surface area contributed by atoms with Crippen molar-refractivity contribution in [1.82, 2.24) is 9.55 Å². The van der Waals surface area contributed by atoms with Gasteiger partial charge in [-0.25, -0.2) is 4.98 Å². The number of rotatable bonds is 2. The van der Waals surface area contributed by atoms with Gasteiger partial charge in [0.25, 0.3) is 0 Å². The largest absolute Gasteiger partial charge is 0.294 e. The molecule has 0 aliphatic heterocycles. The topological polar surface area (TPSA) is 17.8 Å². The van der Waals surface area contributed by atoms with Crippen molar-refractivity contribution < 1.29 is 0 Å². The van der Waals surface area contributed by atoms with Crippen LogP contribution in [-0.4, -0.2) is 9.55 Å². The number of benzene rings is 2. The molecule has 0 aliphatic rings. The predicted octanol–water partition coefficient (Wildman–Crippen LogP) is 6.04. The fourth-order valence-electron chi connectivity index (χ4n) is 3.74. The molecule has 0 atom stereocenters. The maximum Gasteiger partial charge on any atom is 0.137 e. The number of pyridine rings is 1. The van der Waals surface area contributed by atoms with E-state index in [2.05, 4.69) is 92.9 Å². The van der Waals surface area contributed by atoms with Crippen LogP contribution in [0.3, 0.4) is 0 Å². The first-order valence-corrected chi connectivity index (χ1v) is 8.99. The second kappa shape index (κ2) is 5.73. The van der Waals surface area contributed by atoms with E-state index in [1.807, 2.05) is 0 Å².